The van der Waals surface area contributed by atoms with Crippen LogP contribution in [0.2, 0.25) is 0 Å². The van der Waals surface area contributed by atoms with E-state index in [4.69, 9.17) is 4.42 Å². The van der Waals surface area contributed by atoms with Gasteiger partial charge in [0.25, 0.3) is 10.0 Å². The second-order valence-electron chi connectivity index (χ2n) is 5.54. The molecule has 10 heteroatoms. The van der Waals surface area contributed by atoms with Gasteiger partial charge in [0.15, 0.2) is 4.90 Å². The van der Waals surface area contributed by atoms with Gasteiger partial charge in [-0.15, -0.1) is 0 Å². The summed E-state index contributed by atoms with van der Waals surface area (Å²) in [5, 5.41) is 2.05. The van der Waals surface area contributed by atoms with E-state index in [2.05, 4.69) is 5.32 Å². The van der Waals surface area contributed by atoms with E-state index in [0.717, 1.165) is 24.3 Å². The second kappa shape index (κ2) is 6.80. The van der Waals surface area contributed by atoms with Crippen LogP contribution in [0.1, 0.15) is 5.56 Å². The molecule has 0 saturated carbocycles. The smallest absolute Gasteiger partial charge is 0.333 e. The van der Waals surface area contributed by atoms with Gasteiger partial charge in [0, 0.05) is 11.3 Å². The van der Waals surface area contributed by atoms with E-state index >= 15 is 0 Å². The van der Waals surface area contributed by atoms with Crippen molar-refractivity contribution < 1.29 is 26.4 Å². The van der Waals surface area contributed by atoms with Crippen LogP contribution in [0.5, 0.6) is 0 Å². The van der Waals surface area contributed by atoms with Gasteiger partial charge in [-0.25, -0.2) is 26.7 Å². The van der Waals surface area contributed by atoms with Gasteiger partial charge in [0.1, 0.15) is 23.5 Å². The van der Waals surface area contributed by atoms with E-state index in [1.165, 1.54) is 19.1 Å². The van der Waals surface area contributed by atoms with Crippen LogP contribution in [0, 0.1) is 18.6 Å². The molecule has 2 N–H and O–H groups in total. The fourth-order valence-corrected chi connectivity index (χ4v) is 3.28. The summed E-state index contributed by atoms with van der Waals surface area (Å²) in [5.41, 5.74) is -0.840. The van der Waals surface area contributed by atoms with Crippen LogP contribution in [0.25, 0.3) is 11.0 Å². The zero-order chi connectivity index (χ0) is 19.8. The highest BCUT2D eigenvalue weighted by Crippen LogP contribution is 2.20. The van der Waals surface area contributed by atoms with Gasteiger partial charge in [0.05, 0.1) is 5.39 Å². The van der Waals surface area contributed by atoms with Crippen molar-refractivity contribution in [3.8, 4) is 0 Å². The Balaban J connectivity index is 1.91. The molecule has 0 bridgehead atoms. The van der Waals surface area contributed by atoms with Gasteiger partial charge in [-0.2, -0.15) is 0 Å². The first-order valence-electron chi connectivity index (χ1n) is 7.49. The molecule has 0 aliphatic rings. The number of hydrogen-bond acceptors (Lipinski definition) is 5. The maximum atomic E-state index is 13.5. The highest BCUT2D eigenvalue weighted by Gasteiger charge is 2.24. The third kappa shape index (κ3) is 3.65. The molecule has 3 rings (SSSR count). The topological polar surface area (TPSA) is 105 Å². The first-order valence-corrected chi connectivity index (χ1v) is 8.97. The summed E-state index contributed by atoms with van der Waals surface area (Å²) in [6.07, 6.45) is 0.643. The van der Waals surface area contributed by atoms with Gasteiger partial charge < -0.3 is 9.73 Å². The molecular weight excluding hydrogens is 382 g/mol. The summed E-state index contributed by atoms with van der Waals surface area (Å²) in [4.78, 5) is 23.5. The number of rotatable bonds is 3. The number of nitrogens with one attached hydrogen (secondary N) is 2. The number of sulfonamides is 1. The molecule has 0 aliphatic carbocycles. The predicted molar refractivity (Wildman–Crippen MR) is 92.9 cm³/mol. The van der Waals surface area contributed by atoms with Crippen LogP contribution < -0.4 is 15.5 Å². The number of hydrogen-bond donors (Lipinski definition) is 2. The predicted octanol–water partition coefficient (Wildman–Crippen LogP) is 2.89. The minimum Gasteiger partial charge on any atom is -0.462 e. The van der Waals surface area contributed by atoms with Gasteiger partial charge in [0.2, 0.25) is 5.43 Å². The molecule has 2 aromatic carbocycles. The normalized spacial score (nSPS) is 11.4. The Hall–Kier alpha value is -3.27. The van der Waals surface area contributed by atoms with Crippen molar-refractivity contribution in [1.82, 2.24) is 4.72 Å². The second-order valence-corrected chi connectivity index (χ2v) is 7.20. The Morgan fingerprint density at radius 1 is 1.07 bits per heavy atom. The van der Waals surface area contributed by atoms with Crippen molar-refractivity contribution in [2.45, 2.75) is 11.8 Å². The molecule has 0 fully saturated rings. The Kier molecular flexibility index (Phi) is 4.66. The van der Waals surface area contributed by atoms with Crippen LogP contribution in [0.3, 0.4) is 0 Å². The lowest BCUT2D eigenvalue weighted by Gasteiger charge is -2.09. The fourth-order valence-electron chi connectivity index (χ4n) is 2.35. The van der Waals surface area contributed by atoms with Gasteiger partial charge >= 0.3 is 6.03 Å². The number of urea groups is 1. The lowest BCUT2D eigenvalue weighted by molar-refractivity contribution is 0.256. The summed E-state index contributed by atoms with van der Waals surface area (Å²) in [6.45, 7) is 1.38. The highest BCUT2D eigenvalue weighted by atomic mass is 32.2. The van der Waals surface area contributed by atoms with E-state index in [1.54, 1.807) is 4.72 Å². The van der Waals surface area contributed by atoms with Crippen molar-refractivity contribution in [2.75, 3.05) is 5.32 Å². The molecule has 7 nitrogen and oxygen atoms in total. The van der Waals surface area contributed by atoms with Gasteiger partial charge in [-0.1, -0.05) is 0 Å². The Bertz CT molecular complexity index is 1200. The minimum absolute atomic E-state index is 0.0514. The summed E-state index contributed by atoms with van der Waals surface area (Å²) in [5.74, 6) is -1.15. The maximum absolute atomic E-state index is 13.5. The average molecular weight is 394 g/mol. The van der Waals surface area contributed by atoms with E-state index in [1.807, 2.05) is 0 Å². The van der Waals surface area contributed by atoms with Crippen molar-refractivity contribution in [3.05, 3.63) is 70.1 Å². The monoisotopic (exact) mass is 394 g/mol. The van der Waals surface area contributed by atoms with E-state index in [0.29, 0.717) is 6.26 Å². The van der Waals surface area contributed by atoms with Crippen molar-refractivity contribution >= 4 is 32.7 Å². The molecular formula is C17H12F2N2O5S. The third-order valence-corrected chi connectivity index (χ3v) is 5.03. The van der Waals surface area contributed by atoms with Gasteiger partial charge in [-0.3, -0.25) is 4.79 Å². The third-order valence-electron chi connectivity index (χ3n) is 3.71. The molecule has 27 heavy (non-hydrogen) atoms. The molecule has 0 unspecified atom stereocenters. The Labute approximate surface area is 151 Å². The summed E-state index contributed by atoms with van der Waals surface area (Å²) in [7, 11) is -4.57. The lowest BCUT2D eigenvalue weighted by Crippen LogP contribution is -2.36. The van der Waals surface area contributed by atoms with Crippen LogP contribution >= 0.6 is 0 Å². The van der Waals surface area contributed by atoms with E-state index in [-0.39, 0.29) is 22.2 Å². The zero-order valence-electron chi connectivity index (χ0n) is 13.7. The fraction of sp³-hybridized carbons (Fsp3) is 0.0588. The molecule has 0 spiro atoms. The van der Waals surface area contributed by atoms with E-state index in [9.17, 15) is 26.8 Å². The Morgan fingerprint density at radius 2 is 1.74 bits per heavy atom. The highest BCUT2D eigenvalue weighted by molar-refractivity contribution is 7.90. The first kappa shape index (κ1) is 18.5. The summed E-state index contributed by atoms with van der Waals surface area (Å²) < 4.78 is 57.8. The number of anilines is 1. The van der Waals surface area contributed by atoms with E-state index < -0.39 is 38.0 Å². The molecule has 3 aromatic rings. The van der Waals surface area contributed by atoms with Gasteiger partial charge in [-0.05, 0) is 43.3 Å². The number of halogens is 2. The van der Waals surface area contributed by atoms with Crippen molar-refractivity contribution in [1.29, 1.82) is 0 Å². The number of fused-ring (bicyclic) bond motifs is 1. The first-order chi connectivity index (χ1) is 12.7. The quantitative estimate of drug-likeness (QED) is 0.711. The number of amides is 2. The number of carbonyl (C=O) groups is 1. The molecule has 1 heterocycles. The molecule has 0 atom stereocenters. The largest absolute Gasteiger partial charge is 0.462 e. The Morgan fingerprint density at radius 3 is 2.41 bits per heavy atom. The van der Waals surface area contributed by atoms with Crippen LogP contribution in [0.15, 0.2) is 56.8 Å². The summed E-state index contributed by atoms with van der Waals surface area (Å²) in [6, 6.07) is 5.55. The molecule has 0 saturated heterocycles. The lowest BCUT2D eigenvalue weighted by atomic mass is 10.1. The SMILES string of the molecule is Cc1c(F)ccc2c(=O)c(S(=O)(=O)NC(=O)Nc3ccc(F)cc3)coc12. The maximum Gasteiger partial charge on any atom is 0.333 e. The molecule has 2 amide bonds. The molecule has 0 aliphatic heterocycles. The van der Waals surface area contributed by atoms with Crippen LogP contribution in [-0.4, -0.2) is 14.4 Å². The minimum atomic E-state index is -4.57. The average Bonchev–Trinajstić information content (AvgIpc) is 2.60. The van der Waals surface area contributed by atoms with Crippen molar-refractivity contribution in [2.24, 2.45) is 0 Å². The van der Waals surface area contributed by atoms with Crippen LogP contribution in [-0.2, 0) is 10.0 Å². The number of benzene rings is 2. The molecule has 140 valence electrons. The van der Waals surface area contributed by atoms with Crippen LogP contribution in [0.4, 0.5) is 19.3 Å². The van der Waals surface area contributed by atoms with Crippen molar-refractivity contribution in [3.63, 3.8) is 0 Å². The standard InChI is InChI=1S/C17H12F2N2O5S/c1-9-13(19)7-6-12-15(22)14(8-26-16(9)12)27(24,25)21-17(23)20-11-4-2-10(18)3-5-11/h2-8H,1H3,(H2,20,21,23). The zero-order valence-corrected chi connectivity index (χ0v) is 14.6. The summed E-state index contributed by atoms with van der Waals surface area (Å²) >= 11 is 0. The molecule has 0 radical (unpaired) electrons. The number of aryl methyl sites for hydroxylation is 1. The molecule has 1 aromatic heterocycles. The number of carbonyl (C=O) groups excluding carboxylic acids is 1.